The second kappa shape index (κ2) is 9.38. The van der Waals surface area contributed by atoms with Gasteiger partial charge in [0.05, 0.1) is 25.2 Å². The zero-order chi connectivity index (χ0) is 19.9. The average molecular weight is 392 g/mol. The van der Waals surface area contributed by atoms with E-state index in [2.05, 4.69) is 5.32 Å². The summed E-state index contributed by atoms with van der Waals surface area (Å²) in [6.45, 7) is 2.38. The van der Waals surface area contributed by atoms with Gasteiger partial charge < -0.3 is 14.8 Å². The second-order valence-corrected chi connectivity index (χ2v) is 7.84. The number of hydrogen-bond donors (Lipinski definition) is 1. The van der Waals surface area contributed by atoms with Gasteiger partial charge in [-0.15, -0.1) is 0 Å². The molecule has 2 rings (SSSR count). The van der Waals surface area contributed by atoms with Gasteiger partial charge in [-0.1, -0.05) is 12.1 Å². The summed E-state index contributed by atoms with van der Waals surface area (Å²) >= 11 is 0. The fourth-order valence-corrected chi connectivity index (χ4v) is 3.47. The molecule has 0 unspecified atom stereocenters. The third kappa shape index (κ3) is 5.70. The molecular weight excluding hydrogens is 368 g/mol. The predicted molar refractivity (Wildman–Crippen MR) is 102 cm³/mol. The van der Waals surface area contributed by atoms with Crippen LogP contribution in [0.3, 0.4) is 0 Å². The summed E-state index contributed by atoms with van der Waals surface area (Å²) in [5, 5.41) is 2.71. The second-order valence-electron chi connectivity index (χ2n) is 5.79. The van der Waals surface area contributed by atoms with Crippen molar-refractivity contribution in [3.63, 3.8) is 0 Å². The Bertz CT molecular complexity index is 849. The highest BCUT2D eigenvalue weighted by atomic mass is 32.2. The number of methoxy groups -OCH3 is 1. The summed E-state index contributed by atoms with van der Waals surface area (Å²) in [5.41, 5.74) is 0.890. The molecule has 0 radical (unpaired) electrons. The van der Waals surface area contributed by atoms with E-state index in [1.54, 1.807) is 31.4 Å². The average Bonchev–Trinajstić information content (AvgIpc) is 2.67. The van der Waals surface area contributed by atoms with Crippen LogP contribution < -0.4 is 14.8 Å². The van der Waals surface area contributed by atoms with E-state index in [-0.39, 0.29) is 17.3 Å². The first-order valence-corrected chi connectivity index (χ1v) is 9.89. The fourth-order valence-electron chi connectivity index (χ4n) is 2.34. The first-order valence-electron chi connectivity index (χ1n) is 8.45. The van der Waals surface area contributed by atoms with Gasteiger partial charge in [0.2, 0.25) is 15.9 Å². The zero-order valence-electron chi connectivity index (χ0n) is 15.6. The lowest BCUT2D eigenvalue weighted by Gasteiger charge is -2.17. The first-order chi connectivity index (χ1) is 12.9. The summed E-state index contributed by atoms with van der Waals surface area (Å²) < 4.78 is 36.6. The summed E-state index contributed by atoms with van der Waals surface area (Å²) in [6, 6.07) is 13.4. The molecule has 2 aromatic carbocycles. The molecule has 0 aliphatic heterocycles. The minimum atomic E-state index is -3.76. The molecule has 1 N–H and O–H groups in total. The maximum absolute atomic E-state index is 12.6. The Hall–Kier alpha value is -2.58. The SMILES string of the molecule is CCOc1ccc(S(=O)(=O)N(C)CC(=O)NCc2ccc(OC)cc2)cc1. The molecule has 146 valence electrons. The number of amides is 1. The molecule has 0 aliphatic carbocycles. The molecule has 0 aliphatic rings. The number of carbonyl (C=O) groups excluding carboxylic acids is 1. The highest BCUT2D eigenvalue weighted by Crippen LogP contribution is 2.18. The molecular formula is C19H24N2O5S. The number of benzene rings is 2. The smallest absolute Gasteiger partial charge is 0.243 e. The topological polar surface area (TPSA) is 84.9 Å². The van der Waals surface area contributed by atoms with E-state index in [9.17, 15) is 13.2 Å². The van der Waals surface area contributed by atoms with Gasteiger partial charge in [0, 0.05) is 13.6 Å². The molecule has 7 nitrogen and oxygen atoms in total. The Balaban J connectivity index is 1.93. The number of nitrogens with one attached hydrogen (secondary N) is 1. The molecule has 0 saturated heterocycles. The fraction of sp³-hybridized carbons (Fsp3) is 0.316. The van der Waals surface area contributed by atoms with E-state index in [0.29, 0.717) is 18.9 Å². The minimum absolute atomic E-state index is 0.108. The van der Waals surface area contributed by atoms with Crippen molar-refractivity contribution in [1.82, 2.24) is 9.62 Å². The van der Waals surface area contributed by atoms with Gasteiger partial charge in [0.1, 0.15) is 11.5 Å². The molecule has 0 bridgehead atoms. The van der Waals surface area contributed by atoms with E-state index >= 15 is 0 Å². The summed E-state index contributed by atoms with van der Waals surface area (Å²) in [7, 11) is -0.803. The molecule has 1 amide bonds. The van der Waals surface area contributed by atoms with Gasteiger partial charge in [-0.25, -0.2) is 8.42 Å². The largest absolute Gasteiger partial charge is 0.497 e. The molecule has 27 heavy (non-hydrogen) atoms. The molecule has 0 atom stereocenters. The molecule has 0 saturated carbocycles. The van der Waals surface area contributed by atoms with Crippen molar-refractivity contribution >= 4 is 15.9 Å². The molecule has 0 heterocycles. The van der Waals surface area contributed by atoms with Crippen LogP contribution in [0.1, 0.15) is 12.5 Å². The van der Waals surface area contributed by atoms with Crippen LogP contribution in [0.4, 0.5) is 0 Å². The third-order valence-corrected chi connectivity index (χ3v) is 5.68. The van der Waals surface area contributed by atoms with E-state index < -0.39 is 10.0 Å². The number of ether oxygens (including phenoxy) is 2. The lowest BCUT2D eigenvalue weighted by Crippen LogP contribution is -2.38. The van der Waals surface area contributed by atoms with Gasteiger partial charge in [-0.05, 0) is 48.9 Å². The first kappa shape index (κ1) is 20.7. The maximum atomic E-state index is 12.6. The Morgan fingerprint density at radius 3 is 2.19 bits per heavy atom. The van der Waals surface area contributed by atoms with Crippen LogP contribution in [0.15, 0.2) is 53.4 Å². The highest BCUT2D eigenvalue weighted by molar-refractivity contribution is 7.89. The number of nitrogens with zero attached hydrogens (tertiary/aromatic N) is 1. The van der Waals surface area contributed by atoms with Crippen molar-refractivity contribution in [1.29, 1.82) is 0 Å². The highest BCUT2D eigenvalue weighted by Gasteiger charge is 2.22. The van der Waals surface area contributed by atoms with E-state index in [0.717, 1.165) is 15.6 Å². The van der Waals surface area contributed by atoms with Crippen LogP contribution in [0.25, 0.3) is 0 Å². The van der Waals surface area contributed by atoms with Gasteiger partial charge in [-0.2, -0.15) is 4.31 Å². The van der Waals surface area contributed by atoms with Crippen LogP contribution in [-0.4, -0.2) is 45.9 Å². The summed E-state index contributed by atoms with van der Waals surface area (Å²) in [5.74, 6) is 0.936. The van der Waals surface area contributed by atoms with E-state index in [1.165, 1.54) is 19.2 Å². The molecule has 2 aromatic rings. The maximum Gasteiger partial charge on any atom is 0.243 e. The Morgan fingerprint density at radius 2 is 1.63 bits per heavy atom. The lowest BCUT2D eigenvalue weighted by atomic mass is 10.2. The number of carbonyl (C=O) groups is 1. The molecule has 0 spiro atoms. The normalized spacial score (nSPS) is 11.3. The number of likely N-dealkylation sites (N-methyl/N-ethyl adjacent to an activating group) is 1. The lowest BCUT2D eigenvalue weighted by molar-refractivity contribution is -0.121. The van der Waals surface area contributed by atoms with Crippen molar-refractivity contribution in [3.8, 4) is 11.5 Å². The van der Waals surface area contributed by atoms with Crippen molar-refractivity contribution in [2.45, 2.75) is 18.4 Å². The van der Waals surface area contributed by atoms with Crippen LogP contribution in [0.5, 0.6) is 11.5 Å². The van der Waals surface area contributed by atoms with Gasteiger partial charge in [-0.3, -0.25) is 4.79 Å². The zero-order valence-corrected chi connectivity index (χ0v) is 16.5. The predicted octanol–water partition coefficient (Wildman–Crippen LogP) is 2.03. The molecule has 0 aromatic heterocycles. The molecule has 8 heteroatoms. The Labute approximate surface area is 160 Å². The van der Waals surface area contributed by atoms with Crippen LogP contribution in [0.2, 0.25) is 0 Å². The van der Waals surface area contributed by atoms with E-state index in [1.807, 2.05) is 19.1 Å². The number of rotatable bonds is 9. The monoisotopic (exact) mass is 392 g/mol. The van der Waals surface area contributed by atoms with Crippen molar-refractivity contribution in [3.05, 3.63) is 54.1 Å². The standard InChI is InChI=1S/C19H24N2O5S/c1-4-26-17-9-11-18(12-10-17)27(23,24)21(2)14-19(22)20-13-15-5-7-16(25-3)8-6-15/h5-12H,4,13-14H2,1-3H3,(H,20,22). The third-order valence-electron chi connectivity index (χ3n) is 3.86. The van der Waals surface area contributed by atoms with Crippen molar-refractivity contribution < 1.29 is 22.7 Å². The van der Waals surface area contributed by atoms with Gasteiger partial charge in [0.25, 0.3) is 0 Å². The number of hydrogen-bond acceptors (Lipinski definition) is 5. The quantitative estimate of drug-likeness (QED) is 0.706. The van der Waals surface area contributed by atoms with Gasteiger partial charge in [0.15, 0.2) is 0 Å². The summed E-state index contributed by atoms with van der Waals surface area (Å²) in [4.78, 5) is 12.2. The van der Waals surface area contributed by atoms with E-state index in [4.69, 9.17) is 9.47 Å². The Morgan fingerprint density at radius 1 is 1.04 bits per heavy atom. The number of sulfonamides is 1. The minimum Gasteiger partial charge on any atom is -0.497 e. The summed E-state index contributed by atoms with van der Waals surface area (Å²) in [6.07, 6.45) is 0. The Kier molecular flexibility index (Phi) is 7.20. The van der Waals surface area contributed by atoms with Crippen molar-refractivity contribution in [2.75, 3.05) is 27.3 Å². The van der Waals surface area contributed by atoms with Crippen LogP contribution in [0, 0.1) is 0 Å². The van der Waals surface area contributed by atoms with Crippen LogP contribution >= 0.6 is 0 Å². The van der Waals surface area contributed by atoms with Crippen molar-refractivity contribution in [2.24, 2.45) is 0 Å². The molecule has 0 fully saturated rings. The van der Waals surface area contributed by atoms with Gasteiger partial charge >= 0.3 is 0 Å². The van der Waals surface area contributed by atoms with Crippen LogP contribution in [-0.2, 0) is 21.4 Å².